The van der Waals surface area contributed by atoms with E-state index in [0.717, 1.165) is 43.2 Å². The largest absolute Gasteiger partial charge is 0.371 e. The van der Waals surface area contributed by atoms with E-state index in [4.69, 9.17) is 11.6 Å². The monoisotopic (exact) mass is 348 g/mol. The number of hydrogen-bond donors (Lipinski definition) is 1. The maximum atomic E-state index is 11.9. The number of anilines is 1. The molecule has 0 spiro atoms. The van der Waals surface area contributed by atoms with Crippen LogP contribution >= 0.6 is 11.6 Å². The summed E-state index contributed by atoms with van der Waals surface area (Å²) in [5.74, 6) is 0.566. The molecule has 7 nitrogen and oxygen atoms in total. The quantitative estimate of drug-likeness (QED) is 0.825. The first-order valence-corrected chi connectivity index (χ1v) is 8.56. The molecule has 1 aromatic heterocycles. The van der Waals surface area contributed by atoms with Crippen LogP contribution in [0.25, 0.3) is 0 Å². The van der Waals surface area contributed by atoms with Crippen molar-refractivity contribution in [2.24, 2.45) is 5.92 Å². The molecule has 8 heteroatoms. The van der Waals surface area contributed by atoms with Crippen molar-refractivity contribution in [2.75, 3.05) is 24.5 Å². The molecule has 0 radical (unpaired) electrons. The van der Waals surface area contributed by atoms with Crippen LogP contribution in [-0.2, 0) is 11.3 Å². The number of carbonyl (C=O) groups excluding carboxylic acids is 1. The van der Waals surface area contributed by atoms with E-state index in [1.165, 1.54) is 0 Å². The van der Waals surface area contributed by atoms with Crippen molar-refractivity contribution in [2.45, 2.75) is 25.8 Å². The van der Waals surface area contributed by atoms with Crippen molar-refractivity contribution in [3.63, 3.8) is 0 Å². The van der Waals surface area contributed by atoms with Gasteiger partial charge in [-0.1, -0.05) is 17.7 Å². The molecule has 1 aliphatic heterocycles. The van der Waals surface area contributed by atoms with Gasteiger partial charge in [-0.2, -0.15) is 0 Å². The molecule has 1 atom stereocenters. The molecule has 1 aliphatic rings. The van der Waals surface area contributed by atoms with Crippen LogP contribution < -0.4 is 10.2 Å². The van der Waals surface area contributed by atoms with E-state index < -0.39 is 0 Å². The SMILES string of the molecule is O=C(CCCn1cnnn1)NC[C@H]1CCN(c2cccc(Cl)c2)C1. The third-order valence-corrected chi connectivity index (χ3v) is 4.46. The highest BCUT2D eigenvalue weighted by Crippen LogP contribution is 2.25. The Morgan fingerprint density at radius 2 is 2.33 bits per heavy atom. The van der Waals surface area contributed by atoms with Crippen molar-refractivity contribution in [1.82, 2.24) is 25.5 Å². The summed E-state index contributed by atoms with van der Waals surface area (Å²) in [7, 11) is 0. The van der Waals surface area contributed by atoms with Gasteiger partial charge in [-0.3, -0.25) is 4.79 Å². The molecule has 2 aromatic rings. The van der Waals surface area contributed by atoms with E-state index in [9.17, 15) is 4.79 Å². The normalized spacial score (nSPS) is 17.2. The van der Waals surface area contributed by atoms with E-state index in [0.29, 0.717) is 18.9 Å². The number of aromatic nitrogens is 4. The third kappa shape index (κ3) is 4.67. The summed E-state index contributed by atoms with van der Waals surface area (Å²) in [5.41, 5.74) is 1.15. The van der Waals surface area contributed by atoms with E-state index in [2.05, 4.69) is 31.8 Å². The van der Waals surface area contributed by atoms with Crippen LogP contribution in [0.2, 0.25) is 5.02 Å². The molecule has 3 rings (SSSR count). The lowest BCUT2D eigenvalue weighted by Crippen LogP contribution is -2.31. The summed E-state index contributed by atoms with van der Waals surface area (Å²) < 4.78 is 1.63. The molecular formula is C16H21ClN6O. The van der Waals surface area contributed by atoms with E-state index in [1.54, 1.807) is 11.0 Å². The number of benzene rings is 1. The van der Waals surface area contributed by atoms with Gasteiger partial charge in [-0.05, 0) is 47.4 Å². The average Bonchev–Trinajstić information content (AvgIpc) is 3.25. The van der Waals surface area contributed by atoms with E-state index in [1.807, 2.05) is 18.2 Å². The molecule has 0 bridgehead atoms. The number of nitrogens with zero attached hydrogens (tertiary/aromatic N) is 5. The van der Waals surface area contributed by atoms with Gasteiger partial charge in [0, 0.05) is 43.3 Å². The predicted octanol–water partition coefficient (Wildman–Crippen LogP) is 1.75. The van der Waals surface area contributed by atoms with Gasteiger partial charge in [0.25, 0.3) is 0 Å². The zero-order valence-electron chi connectivity index (χ0n) is 13.4. The fraction of sp³-hybridized carbons (Fsp3) is 0.500. The highest BCUT2D eigenvalue weighted by molar-refractivity contribution is 6.30. The van der Waals surface area contributed by atoms with Gasteiger partial charge in [0.05, 0.1) is 0 Å². The first-order chi connectivity index (χ1) is 11.7. The van der Waals surface area contributed by atoms with Gasteiger partial charge in [0.15, 0.2) is 0 Å². The van der Waals surface area contributed by atoms with Crippen LogP contribution in [0, 0.1) is 5.92 Å². The Balaban J connectivity index is 1.36. The van der Waals surface area contributed by atoms with Crippen LogP contribution in [-0.4, -0.2) is 45.7 Å². The van der Waals surface area contributed by atoms with Gasteiger partial charge in [-0.15, -0.1) is 5.10 Å². The van der Waals surface area contributed by atoms with Crippen LogP contribution in [0.1, 0.15) is 19.3 Å². The first-order valence-electron chi connectivity index (χ1n) is 8.19. The Morgan fingerprint density at radius 1 is 1.42 bits per heavy atom. The maximum absolute atomic E-state index is 11.9. The summed E-state index contributed by atoms with van der Waals surface area (Å²) in [6, 6.07) is 7.92. The molecule has 1 N–H and O–H groups in total. The highest BCUT2D eigenvalue weighted by atomic mass is 35.5. The summed E-state index contributed by atoms with van der Waals surface area (Å²) >= 11 is 6.05. The molecule has 1 fully saturated rings. The second-order valence-electron chi connectivity index (χ2n) is 6.06. The third-order valence-electron chi connectivity index (χ3n) is 4.23. The summed E-state index contributed by atoms with van der Waals surface area (Å²) in [6.45, 7) is 3.33. The second kappa shape index (κ2) is 8.10. The number of carbonyl (C=O) groups is 1. The number of hydrogen-bond acceptors (Lipinski definition) is 5. The molecule has 128 valence electrons. The highest BCUT2D eigenvalue weighted by Gasteiger charge is 2.23. The number of halogens is 1. The van der Waals surface area contributed by atoms with Crippen LogP contribution in [0.5, 0.6) is 0 Å². The lowest BCUT2D eigenvalue weighted by atomic mass is 10.1. The molecule has 0 unspecified atom stereocenters. The summed E-state index contributed by atoms with van der Waals surface area (Å²) in [4.78, 5) is 14.2. The number of tetrazole rings is 1. The zero-order valence-corrected chi connectivity index (χ0v) is 14.2. The number of amides is 1. The van der Waals surface area contributed by atoms with Gasteiger partial charge in [-0.25, -0.2) is 4.68 Å². The summed E-state index contributed by atoms with van der Waals surface area (Å²) in [6.07, 6.45) is 3.86. The zero-order chi connectivity index (χ0) is 16.8. The second-order valence-corrected chi connectivity index (χ2v) is 6.50. The van der Waals surface area contributed by atoms with Crippen molar-refractivity contribution in [3.8, 4) is 0 Å². The minimum absolute atomic E-state index is 0.0873. The maximum Gasteiger partial charge on any atom is 0.220 e. The average molecular weight is 349 g/mol. The van der Waals surface area contributed by atoms with Crippen molar-refractivity contribution in [1.29, 1.82) is 0 Å². The van der Waals surface area contributed by atoms with E-state index in [-0.39, 0.29) is 5.91 Å². The van der Waals surface area contributed by atoms with Crippen molar-refractivity contribution >= 4 is 23.2 Å². The Labute approximate surface area is 146 Å². The smallest absolute Gasteiger partial charge is 0.220 e. The minimum atomic E-state index is 0.0873. The van der Waals surface area contributed by atoms with Gasteiger partial charge in [0.1, 0.15) is 6.33 Å². The Kier molecular flexibility index (Phi) is 5.63. The minimum Gasteiger partial charge on any atom is -0.371 e. The molecule has 2 heterocycles. The molecule has 0 saturated carbocycles. The van der Waals surface area contributed by atoms with Gasteiger partial charge < -0.3 is 10.2 Å². The van der Waals surface area contributed by atoms with Crippen LogP contribution in [0.15, 0.2) is 30.6 Å². The first kappa shape index (κ1) is 16.7. The lowest BCUT2D eigenvalue weighted by Gasteiger charge is -2.19. The predicted molar refractivity (Wildman–Crippen MR) is 91.8 cm³/mol. The Bertz CT molecular complexity index is 662. The molecule has 0 aliphatic carbocycles. The Hall–Kier alpha value is -2.15. The van der Waals surface area contributed by atoms with Crippen LogP contribution in [0.3, 0.4) is 0 Å². The fourth-order valence-electron chi connectivity index (χ4n) is 2.94. The molecular weight excluding hydrogens is 328 g/mol. The molecule has 1 aromatic carbocycles. The number of nitrogens with one attached hydrogen (secondary N) is 1. The Morgan fingerprint density at radius 3 is 3.12 bits per heavy atom. The van der Waals surface area contributed by atoms with Crippen molar-refractivity contribution in [3.05, 3.63) is 35.6 Å². The molecule has 1 saturated heterocycles. The fourth-order valence-corrected chi connectivity index (χ4v) is 3.12. The van der Waals surface area contributed by atoms with Crippen LogP contribution in [0.4, 0.5) is 5.69 Å². The van der Waals surface area contributed by atoms with Gasteiger partial charge in [0.2, 0.25) is 5.91 Å². The van der Waals surface area contributed by atoms with Gasteiger partial charge >= 0.3 is 0 Å². The molecule has 1 amide bonds. The van der Waals surface area contributed by atoms with E-state index >= 15 is 0 Å². The summed E-state index contributed by atoms with van der Waals surface area (Å²) in [5, 5.41) is 14.7. The lowest BCUT2D eigenvalue weighted by molar-refractivity contribution is -0.121. The number of aryl methyl sites for hydroxylation is 1. The topological polar surface area (TPSA) is 75.9 Å². The van der Waals surface area contributed by atoms with Crippen molar-refractivity contribution < 1.29 is 4.79 Å². The standard InChI is InChI=1S/C16H21ClN6O/c17-14-3-1-4-15(9-14)22-8-6-13(11-22)10-18-16(24)5-2-7-23-12-19-20-21-23/h1,3-4,9,12-13H,2,5-8,10-11H2,(H,18,24)/t13-/m1/s1. The molecule has 24 heavy (non-hydrogen) atoms. The number of rotatable bonds is 7.